The van der Waals surface area contributed by atoms with Crippen molar-refractivity contribution in [3.05, 3.63) is 12.0 Å². The minimum atomic E-state index is -0.342. The number of rotatable bonds is 5. The zero-order chi connectivity index (χ0) is 10.4. The van der Waals surface area contributed by atoms with E-state index in [9.17, 15) is 4.39 Å². The maximum absolute atomic E-state index is 13.2. The molecule has 14 heavy (non-hydrogen) atoms. The molecule has 0 atom stereocenters. The summed E-state index contributed by atoms with van der Waals surface area (Å²) in [6.45, 7) is 2.11. The van der Waals surface area contributed by atoms with E-state index in [0.29, 0.717) is 11.0 Å². The second-order valence-corrected chi connectivity index (χ2v) is 3.88. The van der Waals surface area contributed by atoms with Crippen LogP contribution < -0.4 is 5.32 Å². The molecule has 3 nitrogen and oxygen atoms in total. The lowest BCUT2D eigenvalue weighted by Gasteiger charge is -2.03. The fraction of sp³-hybridized carbons (Fsp3) is 0.556. The Bertz CT molecular complexity index is 293. The second kappa shape index (κ2) is 5.80. The van der Waals surface area contributed by atoms with Crippen molar-refractivity contribution in [2.24, 2.45) is 0 Å². The Balaban J connectivity index is 2.64. The molecule has 0 aliphatic heterocycles. The van der Waals surface area contributed by atoms with Crippen molar-refractivity contribution in [1.82, 2.24) is 9.97 Å². The lowest BCUT2D eigenvalue weighted by atomic mass is 10.4. The van der Waals surface area contributed by atoms with E-state index in [4.69, 9.17) is 0 Å². The highest BCUT2D eigenvalue weighted by Gasteiger charge is 2.05. The van der Waals surface area contributed by atoms with Crippen LogP contribution in [0.25, 0.3) is 0 Å². The van der Waals surface area contributed by atoms with Crippen molar-refractivity contribution in [3.8, 4) is 0 Å². The Labute approximate surface area is 87.5 Å². The van der Waals surface area contributed by atoms with Gasteiger partial charge in [0.2, 0.25) is 5.95 Å². The summed E-state index contributed by atoms with van der Waals surface area (Å²) in [5, 5.41) is 3.21. The van der Waals surface area contributed by atoms with E-state index < -0.39 is 0 Å². The molecular formula is C9H14FN3S. The van der Waals surface area contributed by atoms with E-state index in [2.05, 4.69) is 22.2 Å². The van der Waals surface area contributed by atoms with E-state index >= 15 is 0 Å². The summed E-state index contributed by atoms with van der Waals surface area (Å²) in [6, 6.07) is 0. The highest BCUT2D eigenvalue weighted by Crippen LogP contribution is 2.20. The van der Waals surface area contributed by atoms with Crippen molar-refractivity contribution in [2.45, 2.75) is 24.8 Å². The van der Waals surface area contributed by atoms with Crippen molar-refractivity contribution >= 4 is 17.7 Å². The van der Waals surface area contributed by atoms with Gasteiger partial charge in [-0.1, -0.05) is 13.3 Å². The van der Waals surface area contributed by atoms with Crippen LogP contribution in [0, 0.1) is 5.82 Å². The van der Waals surface area contributed by atoms with Crippen molar-refractivity contribution in [1.29, 1.82) is 0 Å². The predicted octanol–water partition coefficient (Wildman–Crippen LogP) is 2.55. The summed E-state index contributed by atoms with van der Waals surface area (Å²) in [6.07, 6.45) is 3.38. The fourth-order valence-corrected chi connectivity index (χ4v) is 1.85. The molecule has 1 heterocycles. The molecule has 0 bridgehead atoms. The third-order valence-corrected chi connectivity index (χ3v) is 2.72. The highest BCUT2D eigenvalue weighted by atomic mass is 32.2. The summed E-state index contributed by atoms with van der Waals surface area (Å²) in [4.78, 5) is 7.80. The van der Waals surface area contributed by atoms with Gasteiger partial charge in [0, 0.05) is 7.05 Å². The van der Waals surface area contributed by atoms with E-state index in [1.165, 1.54) is 18.0 Å². The Morgan fingerprint density at radius 3 is 3.00 bits per heavy atom. The van der Waals surface area contributed by atoms with Crippen LogP contribution in [0.3, 0.4) is 0 Å². The summed E-state index contributed by atoms with van der Waals surface area (Å²) < 4.78 is 13.2. The molecule has 0 aliphatic carbocycles. The number of thioether (sulfide) groups is 1. The molecule has 5 heteroatoms. The molecule has 1 rings (SSSR count). The zero-order valence-electron chi connectivity index (χ0n) is 8.38. The van der Waals surface area contributed by atoms with Crippen LogP contribution in [0.15, 0.2) is 11.2 Å². The van der Waals surface area contributed by atoms with Crippen LogP contribution in [0.4, 0.5) is 10.3 Å². The average Bonchev–Trinajstić information content (AvgIpc) is 2.21. The Morgan fingerprint density at radius 1 is 1.57 bits per heavy atom. The number of unbranched alkanes of at least 4 members (excludes halogenated alkanes) is 1. The lowest BCUT2D eigenvalue weighted by Crippen LogP contribution is -1.99. The number of halogens is 1. The van der Waals surface area contributed by atoms with Gasteiger partial charge in [-0.25, -0.2) is 14.4 Å². The molecule has 0 spiro atoms. The molecule has 0 aliphatic rings. The maximum atomic E-state index is 13.2. The van der Waals surface area contributed by atoms with Gasteiger partial charge >= 0.3 is 0 Å². The molecular weight excluding hydrogens is 201 g/mol. The van der Waals surface area contributed by atoms with Gasteiger partial charge in [-0.3, -0.25) is 0 Å². The molecule has 78 valence electrons. The zero-order valence-corrected chi connectivity index (χ0v) is 9.20. The molecule has 0 saturated carbocycles. The summed E-state index contributed by atoms with van der Waals surface area (Å²) in [5.74, 6) is 1.02. The summed E-state index contributed by atoms with van der Waals surface area (Å²) >= 11 is 1.44. The molecule has 0 aromatic carbocycles. The van der Waals surface area contributed by atoms with Gasteiger partial charge in [-0.15, -0.1) is 11.8 Å². The molecule has 0 radical (unpaired) electrons. The number of aromatic nitrogens is 2. The first kappa shape index (κ1) is 11.2. The minimum absolute atomic E-state index is 0.342. The molecule has 0 saturated heterocycles. The first-order valence-corrected chi connectivity index (χ1v) is 5.59. The van der Waals surface area contributed by atoms with Gasteiger partial charge < -0.3 is 5.32 Å². The molecule has 1 aromatic heterocycles. The fourth-order valence-electron chi connectivity index (χ4n) is 0.886. The monoisotopic (exact) mass is 215 g/mol. The number of nitrogens with one attached hydrogen (secondary N) is 1. The molecule has 0 amide bonds. The van der Waals surface area contributed by atoms with Crippen LogP contribution in [0.2, 0.25) is 0 Å². The highest BCUT2D eigenvalue weighted by molar-refractivity contribution is 7.99. The third kappa shape index (κ3) is 3.14. The quantitative estimate of drug-likeness (QED) is 0.465. The molecule has 0 fully saturated rings. The Kier molecular flexibility index (Phi) is 4.65. The Hall–Kier alpha value is -0.840. The van der Waals surface area contributed by atoms with E-state index in [0.717, 1.165) is 18.6 Å². The smallest absolute Gasteiger partial charge is 0.223 e. The van der Waals surface area contributed by atoms with Gasteiger partial charge in [0.25, 0.3) is 0 Å². The normalized spacial score (nSPS) is 10.2. The third-order valence-electron chi connectivity index (χ3n) is 1.67. The number of anilines is 1. The number of hydrogen-bond acceptors (Lipinski definition) is 4. The van der Waals surface area contributed by atoms with Gasteiger partial charge in [-0.05, 0) is 12.2 Å². The SMILES string of the molecule is CCCCSc1nc(NC)ncc1F. The van der Waals surface area contributed by atoms with Crippen LogP contribution in [0.1, 0.15) is 19.8 Å². The first-order valence-electron chi connectivity index (χ1n) is 4.61. The van der Waals surface area contributed by atoms with E-state index in [-0.39, 0.29) is 5.82 Å². The molecule has 0 unspecified atom stereocenters. The van der Waals surface area contributed by atoms with Crippen molar-refractivity contribution < 1.29 is 4.39 Å². The standard InChI is InChI=1S/C9H14FN3S/c1-3-4-5-14-8-7(10)6-12-9(11-2)13-8/h6H,3-5H2,1-2H3,(H,11,12,13). The summed E-state index contributed by atoms with van der Waals surface area (Å²) in [7, 11) is 1.72. The van der Waals surface area contributed by atoms with Crippen molar-refractivity contribution in [3.63, 3.8) is 0 Å². The second-order valence-electron chi connectivity index (χ2n) is 2.80. The van der Waals surface area contributed by atoms with Gasteiger partial charge in [-0.2, -0.15) is 0 Å². The largest absolute Gasteiger partial charge is 0.357 e. The lowest BCUT2D eigenvalue weighted by molar-refractivity contribution is 0.580. The average molecular weight is 215 g/mol. The van der Waals surface area contributed by atoms with Gasteiger partial charge in [0.05, 0.1) is 6.20 Å². The van der Waals surface area contributed by atoms with E-state index in [1.807, 2.05) is 0 Å². The topological polar surface area (TPSA) is 37.8 Å². The first-order chi connectivity index (χ1) is 6.77. The van der Waals surface area contributed by atoms with E-state index in [1.54, 1.807) is 7.05 Å². The summed E-state index contributed by atoms with van der Waals surface area (Å²) in [5.41, 5.74) is 0. The van der Waals surface area contributed by atoms with Crippen LogP contribution >= 0.6 is 11.8 Å². The van der Waals surface area contributed by atoms with Crippen LogP contribution in [0.5, 0.6) is 0 Å². The maximum Gasteiger partial charge on any atom is 0.223 e. The van der Waals surface area contributed by atoms with Crippen molar-refractivity contribution in [2.75, 3.05) is 18.1 Å². The molecule has 1 N–H and O–H groups in total. The minimum Gasteiger partial charge on any atom is -0.357 e. The van der Waals surface area contributed by atoms with Crippen LogP contribution in [-0.2, 0) is 0 Å². The Morgan fingerprint density at radius 2 is 2.36 bits per heavy atom. The predicted molar refractivity (Wildman–Crippen MR) is 57.2 cm³/mol. The van der Waals surface area contributed by atoms with Gasteiger partial charge in [0.15, 0.2) is 5.82 Å². The van der Waals surface area contributed by atoms with Crippen LogP contribution in [-0.4, -0.2) is 22.8 Å². The van der Waals surface area contributed by atoms with Gasteiger partial charge in [0.1, 0.15) is 5.03 Å². The molecule has 1 aromatic rings. The number of nitrogens with zero attached hydrogens (tertiary/aromatic N) is 2. The number of hydrogen-bond donors (Lipinski definition) is 1.